The monoisotopic (exact) mass is 438 g/mol. The van der Waals surface area contributed by atoms with Crippen molar-refractivity contribution < 1.29 is 19.3 Å². The lowest BCUT2D eigenvalue weighted by molar-refractivity contribution is -0.134. The number of amidine groups is 1. The standard InChI is InChI=1S/C24H30N4O4/c1-14(2)21(20-11-15(3)26-31-20)23(30)28-13-17(29)12-19(28)22-25-24(32-27-22)10-6-8-16-7-4-5-9-18(16)24/h4-5,7,9,11,14,17,19,21,29H,6,8,10,12-13H2,1-3H3,(H,25,27)/t17-,19+,21+,24+/m1/s1. The van der Waals surface area contributed by atoms with Gasteiger partial charge in [-0.3, -0.25) is 4.79 Å². The van der Waals surface area contributed by atoms with E-state index >= 15 is 0 Å². The van der Waals surface area contributed by atoms with Gasteiger partial charge in [-0.15, -0.1) is 0 Å². The Morgan fingerprint density at radius 1 is 1.34 bits per heavy atom. The number of amides is 1. The summed E-state index contributed by atoms with van der Waals surface area (Å²) >= 11 is 0. The van der Waals surface area contributed by atoms with E-state index in [0.29, 0.717) is 18.0 Å². The minimum atomic E-state index is -0.702. The van der Waals surface area contributed by atoms with Gasteiger partial charge < -0.3 is 24.7 Å². The first-order valence-electron chi connectivity index (χ1n) is 11.4. The summed E-state index contributed by atoms with van der Waals surface area (Å²) in [6.07, 6.45) is 2.60. The van der Waals surface area contributed by atoms with E-state index in [2.05, 4.69) is 27.8 Å². The topological polar surface area (TPSA) is 100 Å². The summed E-state index contributed by atoms with van der Waals surface area (Å²) in [5.41, 5.74) is 2.39. The third-order valence-corrected chi connectivity index (χ3v) is 6.82. The molecule has 3 aliphatic rings. The number of carbonyl (C=O) groups excluding carboxylic acids is 1. The average molecular weight is 439 g/mol. The predicted octanol–water partition coefficient (Wildman–Crippen LogP) is 2.81. The highest BCUT2D eigenvalue weighted by Crippen LogP contribution is 2.40. The Morgan fingerprint density at radius 3 is 2.91 bits per heavy atom. The van der Waals surface area contributed by atoms with E-state index < -0.39 is 17.7 Å². The molecule has 170 valence electrons. The molecular weight excluding hydrogens is 408 g/mol. The second-order valence-corrected chi connectivity index (χ2v) is 9.52. The SMILES string of the molecule is Cc1cc([C@@H](C(=O)N2C[C@H](O)C[C@H]2C2=NO[C@]3(CCCc4ccccc43)N2)C(C)C)on1. The highest BCUT2D eigenvalue weighted by atomic mass is 16.7. The number of hydrogen-bond donors (Lipinski definition) is 2. The fourth-order valence-corrected chi connectivity index (χ4v) is 5.30. The summed E-state index contributed by atoms with van der Waals surface area (Å²) in [5.74, 6) is 0.601. The molecule has 5 rings (SSSR count). The van der Waals surface area contributed by atoms with Crippen LogP contribution >= 0.6 is 0 Å². The van der Waals surface area contributed by atoms with Crippen LogP contribution in [0, 0.1) is 12.8 Å². The minimum absolute atomic E-state index is 0.0135. The van der Waals surface area contributed by atoms with Gasteiger partial charge in [0, 0.05) is 31.0 Å². The number of benzene rings is 1. The van der Waals surface area contributed by atoms with Crippen molar-refractivity contribution in [1.29, 1.82) is 0 Å². The zero-order valence-electron chi connectivity index (χ0n) is 18.7. The maximum absolute atomic E-state index is 13.7. The molecule has 8 nitrogen and oxygen atoms in total. The van der Waals surface area contributed by atoms with E-state index in [-0.39, 0.29) is 24.4 Å². The van der Waals surface area contributed by atoms with Crippen LogP contribution in [0.15, 0.2) is 40.0 Å². The molecule has 1 amide bonds. The molecule has 2 N–H and O–H groups in total. The van der Waals surface area contributed by atoms with Crippen LogP contribution in [-0.4, -0.2) is 45.6 Å². The largest absolute Gasteiger partial charge is 0.391 e. The van der Waals surface area contributed by atoms with Crippen molar-refractivity contribution in [1.82, 2.24) is 15.4 Å². The number of hydrogen-bond acceptors (Lipinski definition) is 7. The Labute approximate surface area is 187 Å². The number of β-amino-alcohol motifs (C(OH)–C–C–N with tert-alkyl or cyclic N) is 1. The molecule has 3 heterocycles. The number of aryl methyl sites for hydroxylation is 2. The van der Waals surface area contributed by atoms with E-state index in [9.17, 15) is 9.90 Å². The van der Waals surface area contributed by atoms with Gasteiger partial charge in [-0.2, -0.15) is 0 Å². The third-order valence-electron chi connectivity index (χ3n) is 6.82. The van der Waals surface area contributed by atoms with Gasteiger partial charge in [0.05, 0.1) is 17.8 Å². The van der Waals surface area contributed by atoms with E-state index in [1.54, 1.807) is 4.90 Å². The molecule has 1 aliphatic carbocycles. The van der Waals surface area contributed by atoms with Crippen LogP contribution in [0.25, 0.3) is 0 Å². The van der Waals surface area contributed by atoms with Crippen LogP contribution < -0.4 is 5.32 Å². The second-order valence-electron chi connectivity index (χ2n) is 9.52. The van der Waals surface area contributed by atoms with Gasteiger partial charge in [-0.25, -0.2) is 0 Å². The normalized spacial score (nSPS) is 27.8. The van der Waals surface area contributed by atoms with Gasteiger partial charge in [0.1, 0.15) is 11.7 Å². The Kier molecular flexibility index (Phi) is 5.20. The van der Waals surface area contributed by atoms with Crippen LogP contribution in [0.5, 0.6) is 0 Å². The van der Waals surface area contributed by atoms with Crippen molar-refractivity contribution in [3.63, 3.8) is 0 Å². The van der Waals surface area contributed by atoms with Crippen LogP contribution in [0.1, 0.15) is 61.6 Å². The number of aliphatic hydroxyl groups is 1. The second kappa shape index (κ2) is 7.92. The summed E-state index contributed by atoms with van der Waals surface area (Å²) in [4.78, 5) is 21.4. The average Bonchev–Trinajstić information content (AvgIpc) is 3.48. The van der Waals surface area contributed by atoms with Crippen LogP contribution in [0.4, 0.5) is 0 Å². The van der Waals surface area contributed by atoms with Crippen LogP contribution in [-0.2, 0) is 21.8 Å². The zero-order valence-corrected chi connectivity index (χ0v) is 18.7. The summed E-state index contributed by atoms with van der Waals surface area (Å²) in [6, 6.07) is 9.69. The summed E-state index contributed by atoms with van der Waals surface area (Å²) in [5, 5.41) is 22.4. The van der Waals surface area contributed by atoms with E-state index in [4.69, 9.17) is 9.36 Å². The lowest BCUT2D eigenvalue weighted by Crippen LogP contribution is -2.52. The Morgan fingerprint density at radius 2 is 2.16 bits per heavy atom. The summed E-state index contributed by atoms with van der Waals surface area (Å²) in [6.45, 7) is 6.08. The molecule has 0 saturated carbocycles. The van der Waals surface area contributed by atoms with Crippen molar-refractivity contribution in [3.05, 3.63) is 52.9 Å². The van der Waals surface area contributed by atoms with Crippen molar-refractivity contribution in [2.45, 2.75) is 70.2 Å². The van der Waals surface area contributed by atoms with Gasteiger partial charge in [0.15, 0.2) is 5.84 Å². The number of rotatable bonds is 4. The molecule has 1 aromatic heterocycles. The van der Waals surface area contributed by atoms with Crippen molar-refractivity contribution >= 4 is 11.7 Å². The number of aliphatic hydroxyl groups excluding tert-OH is 1. The van der Waals surface area contributed by atoms with E-state index in [1.165, 1.54) is 5.56 Å². The zero-order chi connectivity index (χ0) is 22.5. The van der Waals surface area contributed by atoms with Gasteiger partial charge in [-0.1, -0.05) is 48.4 Å². The molecule has 1 fully saturated rings. The van der Waals surface area contributed by atoms with E-state index in [0.717, 1.165) is 30.5 Å². The lowest BCUT2D eigenvalue weighted by Gasteiger charge is -2.35. The Bertz CT molecular complexity index is 1050. The lowest BCUT2D eigenvalue weighted by atomic mass is 9.84. The number of nitrogens with one attached hydrogen (secondary N) is 1. The fourth-order valence-electron chi connectivity index (χ4n) is 5.30. The van der Waals surface area contributed by atoms with Crippen molar-refractivity contribution in [2.24, 2.45) is 11.1 Å². The first-order valence-corrected chi connectivity index (χ1v) is 11.4. The van der Waals surface area contributed by atoms with Gasteiger partial charge >= 0.3 is 0 Å². The third kappa shape index (κ3) is 3.46. The molecule has 1 saturated heterocycles. The molecule has 2 aromatic rings. The van der Waals surface area contributed by atoms with E-state index in [1.807, 2.05) is 39.0 Å². The Hall–Kier alpha value is -2.87. The molecule has 0 bridgehead atoms. The van der Waals surface area contributed by atoms with Gasteiger partial charge in [0.2, 0.25) is 11.6 Å². The minimum Gasteiger partial charge on any atom is -0.391 e. The molecule has 0 radical (unpaired) electrons. The molecule has 2 aliphatic heterocycles. The van der Waals surface area contributed by atoms with Crippen molar-refractivity contribution in [3.8, 4) is 0 Å². The fraction of sp³-hybridized carbons (Fsp3) is 0.542. The van der Waals surface area contributed by atoms with Crippen molar-refractivity contribution in [2.75, 3.05) is 6.54 Å². The maximum atomic E-state index is 13.7. The highest BCUT2D eigenvalue weighted by Gasteiger charge is 2.49. The quantitative estimate of drug-likeness (QED) is 0.761. The molecule has 1 aromatic carbocycles. The molecule has 32 heavy (non-hydrogen) atoms. The van der Waals surface area contributed by atoms with Gasteiger partial charge in [0.25, 0.3) is 0 Å². The number of carbonyl (C=O) groups is 1. The molecular formula is C24H30N4O4. The highest BCUT2D eigenvalue weighted by molar-refractivity contribution is 5.94. The first kappa shape index (κ1) is 21.0. The molecule has 1 spiro atoms. The summed E-state index contributed by atoms with van der Waals surface area (Å²) in [7, 11) is 0. The molecule has 0 unspecified atom stereocenters. The van der Waals surface area contributed by atoms with Crippen LogP contribution in [0.3, 0.4) is 0 Å². The summed E-state index contributed by atoms with van der Waals surface area (Å²) < 4.78 is 5.45. The van der Waals surface area contributed by atoms with Gasteiger partial charge in [-0.05, 0) is 31.2 Å². The predicted molar refractivity (Wildman–Crippen MR) is 118 cm³/mol. The number of likely N-dealkylation sites (tertiary alicyclic amines) is 1. The maximum Gasteiger partial charge on any atom is 0.234 e. The first-order chi connectivity index (χ1) is 15.4. The smallest absolute Gasteiger partial charge is 0.234 e. The number of fused-ring (bicyclic) bond motifs is 2. The van der Waals surface area contributed by atoms with Crippen LogP contribution in [0.2, 0.25) is 0 Å². The molecule has 8 heteroatoms. The molecule has 4 atom stereocenters. The number of nitrogens with zero attached hydrogens (tertiary/aromatic N) is 3. The Balaban J connectivity index is 1.41. The number of oxime groups is 1. The number of aromatic nitrogens is 1.